The van der Waals surface area contributed by atoms with E-state index in [1.54, 1.807) is 16.0 Å². The number of hydrogen-bond donors (Lipinski definition) is 0. The lowest BCUT2D eigenvalue weighted by Gasteiger charge is -2.16. The molecule has 2 aliphatic rings. The van der Waals surface area contributed by atoms with E-state index in [0.29, 0.717) is 11.4 Å². The van der Waals surface area contributed by atoms with Gasteiger partial charge in [0.25, 0.3) is 0 Å². The van der Waals surface area contributed by atoms with Crippen LogP contribution in [0.3, 0.4) is 0 Å². The van der Waals surface area contributed by atoms with Crippen molar-refractivity contribution in [3.8, 4) is 10.4 Å². The number of rotatable bonds is 3. The van der Waals surface area contributed by atoms with Gasteiger partial charge in [0.05, 0.1) is 16.3 Å². The Morgan fingerprint density at radius 3 is 2.88 bits per heavy atom. The van der Waals surface area contributed by atoms with Crippen molar-refractivity contribution in [2.75, 3.05) is 13.1 Å². The summed E-state index contributed by atoms with van der Waals surface area (Å²) in [5.41, 5.74) is 3.23. The second-order valence-electron chi connectivity index (χ2n) is 7.14. The minimum atomic E-state index is -3.25. The van der Waals surface area contributed by atoms with Gasteiger partial charge in [-0.15, -0.1) is 11.3 Å². The summed E-state index contributed by atoms with van der Waals surface area (Å²) in [7, 11) is -1.35. The van der Waals surface area contributed by atoms with E-state index in [-0.39, 0.29) is 11.2 Å². The van der Waals surface area contributed by atoms with Crippen molar-refractivity contribution in [2.24, 2.45) is 7.05 Å². The van der Waals surface area contributed by atoms with Crippen LogP contribution in [0.4, 0.5) is 0 Å². The second-order valence-corrected chi connectivity index (χ2v) is 10.2. The molecule has 0 N–H and O–H groups in total. The molecule has 0 unspecified atom stereocenters. The fourth-order valence-electron chi connectivity index (χ4n) is 4.26. The molecule has 0 amide bonds. The molecule has 26 heavy (non-hydrogen) atoms. The maximum Gasteiger partial charge on any atom is 0.183 e. The molecule has 4 heterocycles. The zero-order valence-corrected chi connectivity index (χ0v) is 16.0. The van der Waals surface area contributed by atoms with Gasteiger partial charge in [0.15, 0.2) is 9.84 Å². The molecule has 0 spiro atoms. The van der Waals surface area contributed by atoms with Gasteiger partial charge in [0, 0.05) is 49.2 Å². The first kappa shape index (κ1) is 16.2. The van der Waals surface area contributed by atoms with Gasteiger partial charge in [-0.25, -0.2) is 8.42 Å². The van der Waals surface area contributed by atoms with Gasteiger partial charge in [-0.2, -0.15) is 5.10 Å². The predicted molar refractivity (Wildman–Crippen MR) is 102 cm³/mol. The van der Waals surface area contributed by atoms with Gasteiger partial charge in [-0.05, 0) is 34.7 Å². The van der Waals surface area contributed by atoms with Crippen molar-refractivity contribution in [2.45, 2.75) is 22.6 Å². The smallest absolute Gasteiger partial charge is 0.183 e. The molecule has 2 aliphatic heterocycles. The lowest BCUT2D eigenvalue weighted by molar-refractivity contribution is 0.325. The molecule has 0 saturated carbocycles. The molecule has 0 bridgehead atoms. The molecular formula is C19H19N3O2S2. The Labute approximate surface area is 156 Å². The van der Waals surface area contributed by atoms with E-state index in [2.05, 4.69) is 22.1 Å². The SMILES string of the molecule is Cn1cc(CN2C[C@@H]3c4cc(-c5cccs5)ccc4S(=O)(=O)[C@@H]3C2)cn1. The Morgan fingerprint density at radius 2 is 2.15 bits per heavy atom. The molecule has 7 heteroatoms. The first-order valence-corrected chi connectivity index (χ1v) is 11.1. The molecule has 5 nitrogen and oxygen atoms in total. The third kappa shape index (κ3) is 2.46. The fraction of sp³-hybridized carbons (Fsp3) is 0.316. The summed E-state index contributed by atoms with van der Waals surface area (Å²) >= 11 is 1.68. The van der Waals surface area contributed by atoms with Crippen LogP contribution >= 0.6 is 11.3 Å². The largest absolute Gasteiger partial charge is 0.297 e. The van der Waals surface area contributed by atoms with E-state index in [4.69, 9.17) is 0 Å². The van der Waals surface area contributed by atoms with E-state index in [0.717, 1.165) is 29.8 Å². The number of aryl methyl sites for hydroxylation is 1. The quantitative estimate of drug-likeness (QED) is 0.696. The number of likely N-dealkylation sites (tertiary alicyclic amines) is 1. The predicted octanol–water partition coefficient (Wildman–Crippen LogP) is 2.90. The Bertz CT molecular complexity index is 1070. The highest BCUT2D eigenvalue weighted by atomic mass is 32.2. The van der Waals surface area contributed by atoms with Crippen molar-refractivity contribution in [3.05, 3.63) is 59.2 Å². The molecular weight excluding hydrogens is 366 g/mol. The van der Waals surface area contributed by atoms with Crippen molar-refractivity contribution in [1.29, 1.82) is 0 Å². The first-order chi connectivity index (χ1) is 12.5. The summed E-state index contributed by atoms with van der Waals surface area (Å²) in [5.74, 6) is 0.0617. The van der Waals surface area contributed by atoms with Gasteiger partial charge in [0.1, 0.15) is 0 Å². The summed E-state index contributed by atoms with van der Waals surface area (Å²) in [5, 5.41) is 5.93. The molecule has 0 radical (unpaired) electrons. The Kier molecular flexibility index (Phi) is 3.60. The summed E-state index contributed by atoms with van der Waals surface area (Å²) in [4.78, 5) is 3.96. The maximum absolute atomic E-state index is 13.0. The highest BCUT2D eigenvalue weighted by Crippen LogP contribution is 2.46. The summed E-state index contributed by atoms with van der Waals surface area (Å²) < 4.78 is 27.8. The lowest BCUT2D eigenvalue weighted by Crippen LogP contribution is -2.25. The minimum absolute atomic E-state index is 0.0617. The van der Waals surface area contributed by atoms with Gasteiger partial charge >= 0.3 is 0 Å². The van der Waals surface area contributed by atoms with Crippen LogP contribution in [-0.4, -0.2) is 41.4 Å². The fourth-order valence-corrected chi connectivity index (χ4v) is 7.18. The Morgan fingerprint density at radius 1 is 1.27 bits per heavy atom. The topological polar surface area (TPSA) is 55.2 Å². The summed E-state index contributed by atoms with van der Waals surface area (Å²) in [6.45, 7) is 2.11. The van der Waals surface area contributed by atoms with Gasteiger partial charge in [-0.1, -0.05) is 12.1 Å². The number of thiophene rings is 1. The number of aromatic nitrogens is 2. The maximum atomic E-state index is 13.0. The Hall–Kier alpha value is -1.96. The van der Waals surface area contributed by atoms with Crippen molar-refractivity contribution >= 4 is 21.2 Å². The minimum Gasteiger partial charge on any atom is -0.297 e. The van der Waals surface area contributed by atoms with Crippen LogP contribution < -0.4 is 0 Å². The highest BCUT2D eigenvalue weighted by Gasteiger charge is 2.50. The molecule has 2 aromatic heterocycles. The van der Waals surface area contributed by atoms with Crippen molar-refractivity contribution < 1.29 is 8.42 Å². The summed E-state index contributed by atoms with van der Waals surface area (Å²) in [6.07, 6.45) is 3.84. The first-order valence-electron chi connectivity index (χ1n) is 8.64. The van der Waals surface area contributed by atoms with Crippen LogP contribution in [0.2, 0.25) is 0 Å². The normalized spacial score (nSPS) is 23.9. The lowest BCUT2D eigenvalue weighted by atomic mass is 9.96. The number of fused-ring (bicyclic) bond motifs is 3. The van der Waals surface area contributed by atoms with E-state index in [9.17, 15) is 8.42 Å². The molecule has 1 saturated heterocycles. The molecule has 0 aliphatic carbocycles. The second kappa shape index (κ2) is 5.77. The number of nitrogens with zero attached hydrogens (tertiary/aromatic N) is 3. The molecule has 1 aromatic carbocycles. The number of benzene rings is 1. The molecule has 1 fully saturated rings. The molecule has 2 atom stereocenters. The van der Waals surface area contributed by atoms with E-state index in [1.807, 2.05) is 43.0 Å². The van der Waals surface area contributed by atoms with E-state index >= 15 is 0 Å². The van der Waals surface area contributed by atoms with Crippen LogP contribution in [0, 0.1) is 0 Å². The zero-order chi connectivity index (χ0) is 17.9. The van der Waals surface area contributed by atoms with Gasteiger partial charge in [-0.3, -0.25) is 9.58 Å². The van der Waals surface area contributed by atoms with Crippen molar-refractivity contribution in [3.63, 3.8) is 0 Å². The highest BCUT2D eigenvalue weighted by molar-refractivity contribution is 7.92. The van der Waals surface area contributed by atoms with E-state index in [1.165, 1.54) is 4.88 Å². The zero-order valence-electron chi connectivity index (χ0n) is 14.4. The molecule has 3 aromatic rings. The average Bonchev–Trinajstić information content (AvgIpc) is 3.37. The van der Waals surface area contributed by atoms with Crippen LogP contribution in [0.25, 0.3) is 10.4 Å². The van der Waals surface area contributed by atoms with Crippen LogP contribution in [0.5, 0.6) is 0 Å². The van der Waals surface area contributed by atoms with E-state index < -0.39 is 9.84 Å². The van der Waals surface area contributed by atoms with Crippen LogP contribution in [0.1, 0.15) is 17.0 Å². The standard InChI is InChI=1S/C19H19N3O2S2/c1-21-9-13(8-20-21)10-22-11-16-15-7-14(17-3-2-6-25-17)4-5-18(15)26(23,24)19(16)12-22/h2-9,16,19H,10-12H2,1H3/t16-,19-/m1/s1. The number of hydrogen-bond acceptors (Lipinski definition) is 5. The average molecular weight is 386 g/mol. The number of sulfone groups is 1. The molecule has 134 valence electrons. The monoisotopic (exact) mass is 385 g/mol. The summed E-state index contributed by atoms with van der Waals surface area (Å²) in [6, 6.07) is 9.95. The van der Waals surface area contributed by atoms with Crippen molar-refractivity contribution in [1.82, 2.24) is 14.7 Å². The third-order valence-corrected chi connectivity index (χ3v) is 8.60. The molecule has 5 rings (SSSR count). The Balaban J connectivity index is 1.48. The third-order valence-electron chi connectivity index (χ3n) is 5.43. The van der Waals surface area contributed by atoms with Gasteiger partial charge < -0.3 is 0 Å². The van der Waals surface area contributed by atoms with Crippen LogP contribution in [0.15, 0.2) is 53.0 Å². The van der Waals surface area contributed by atoms with Crippen LogP contribution in [-0.2, 0) is 23.4 Å². The van der Waals surface area contributed by atoms with Gasteiger partial charge in [0.2, 0.25) is 0 Å².